The number of nitrogens with zero attached hydrogens (tertiary/aromatic N) is 2. The van der Waals surface area contributed by atoms with Crippen LogP contribution in [-0.2, 0) is 4.79 Å². The van der Waals surface area contributed by atoms with E-state index >= 15 is 0 Å². The first-order chi connectivity index (χ1) is 8.82. The van der Waals surface area contributed by atoms with Gasteiger partial charge in [0.05, 0.1) is 6.07 Å². The zero-order valence-electron chi connectivity index (χ0n) is 10.5. The SMILES string of the molecule is N#CC(CN1CCCC(CCC(=O)O)C1)C(F)(F)F. The molecule has 0 saturated carbocycles. The third-order valence-electron chi connectivity index (χ3n) is 3.36. The number of nitriles is 1. The molecule has 0 aromatic heterocycles. The summed E-state index contributed by atoms with van der Waals surface area (Å²) < 4.78 is 37.5. The predicted molar refractivity (Wildman–Crippen MR) is 61.2 cm³/mol. The quantitative estimate of drug-likeness (QED) is 0.837. The van der Waals surface area contributed by atoms with Gasteiger partial charge in [-0.3, -0.25) is 4.79 Å². The van der Waals surface area contributed by atoms with Gasteiger partial charge >= 0.3 is 12.1 Å². The summed E-state index contributed by atoms with van der Waals surface area (Å²) in [6.07, 6.45) is -2.38. The molecule has 0 radical (unpaired) electrons. The van der Waals surface area contributed by atoms with Crippen molar-refractivity contribution >= 4 is 5.97 Å². The van der Waals surface area contributed by atoms with Gasteiger partial charge in [-0.2, -0.15) is 18.4 Å². The Labute approximate surface area is 109 Å². The van der Waals surface area contributed by atoms with E-state index < -0.39 is 18.1 Å². The molecule has 1 fully saturated rings. The van der Waals surface area contributed by atoms with Crippen LogP contribution >= 0.6 is 0 Å². The average molecular weight is 278 g/mol. The number of hydrogen-bond donors (Lipinski definition) is 1. The summed E-state index contributed by atoms with van der Waals surface area (Å²) in [6, 6.07) is 1.29. The lowest BCUT2D eigenvalue weighted by Gasteiger charge is -2.33. The van der Waals surface area contributed by atoms with Gasteiger partial charge in [0.1, 0.15) is 0 Å². The second-order valence-electron chi connectivity index (χ2n) is 4.92. The Kier molecular flexibility index (Phi) is 5.60. The van der Waals surface area contributed by atoms with Crippen molar-refractivity contribution in [1.82, 2.24) is 4.90 Å². The zero-order valence-corrected chi connectivity index (χ0v) is 10.5. The maximum absolute atomic E-state index is 12.5. The molecule has 0 spiro atoms. The molecule has 0 aromatic rings. The topological polar surface area (TPSA) is 64.3 Å². The van der Waals surface area contributed by atoms with Crippen LogP contribution in [0, 0.1) is 23.2 Å². The number of rotatable bonds is 5. The third kappa shape index (κ3) is 5.47. The van der Waals surface area contributed by atoms with Crippen LogP contribution in [0.1, 0.15) is 25.7 Å². The van der Waals surface area contributed by atoms with Gasteiger partial charge in [-0.25, -0.2) is 0 Å². The number of piperidine rings is 1. The van der Waals surface area contributed by atoms with Gasteiger partial charge in [-0.15, -0.1) is 0 Å². The van der Waals surface area contributed by atoms with Crippen molar-refractivity contribution in [2.75, 3.05) is 19.6 Å². The molecule has 1 aliphatic rings. The highest BCUT2D eigenvalue weighted by Crippen LogP contribution is 2.28. The Balaban J connectivity index is 2.46. The van der Waals surface area contributed by atoms with Gasteiger partial charge in [0.15, 0.2) is 5.92 Å². The molecule has 0 aliphatic carbocycles. The fraction of sp³-hybridized carbons (Fsp3) is 0.833. The third-order valence-corrected chi connectivity index (χ3v) is 3.36. The van der Waals surface area contributed by atoms with Crippen LogP contribution in [0.3, 0.4) is 0 Å². The maximum Gasteiger partial charge on any atom is 0.405 e. The van der Waals surface area contributed by atoms with Crippen LogP contribution in [0.5, 0.6) is 0 Å². The van der Waals surface area contributed by atoms with Crippen molar-refractivity contribution in [3.63, 3.8) is 0 Å². The van der Waals surface area contributed by atoms with Gasteiger partial charge in [-0.1, -0.05) is 0 Å². The molecule has 0 bridgehead atoms. The van der Waals surface area contributed by atoms with Gasteiger partial charge in [-0.05, 0) is 31.7 Å². The number of carboxylic acid groups (broad SMARTS) is 1. The summed E-state index contributed by atoms with van der Waals surface area (Å²) in [5.41, 5.74) is 0. The molecule has 1 heterocycles. The van der Waals surface area contributed by atoms with Gasteiger partial charge in [0.2, 0.25) is 0 Å². The average Bonchev–Trinajstić information content (AvgIpc) is 2.32. The molecular formula is C12H17F3N2O2. The van der Waals surface area contributed by atoms with Crippen LogP contribution in [0.2, 0.25) is 0 Å². The van der Waals surface area contributed by atoms with Crippen molar-refractivity contribution in [3.05, 3.63) is 0 Å². The second kappa shape index (κ2) is 6.75. The van der Waals surface area contributed by atoms with E-state index in [1.54, 1.807) is 4.90 Å². The van der Waals surface area contributed by atoms with E-state index in [2.05, 4.69) is 0 Å². The molecule has 108 valence electrons. The van der Waals surface area contributed by atoms with Crippen LogP contribution in [0.15, 0.2) is 0 Å². The molecule has 7 heteroatoms. The second-order valence-corrected chi connectivity index (χ2v) is 4.92. The number of alkyl halides is 3. The predicted octanol–water partition coefficient (Wildman–Crippen LogP) is 2.27. The van der Waals surface area contributed by atoms with E-state index in [0.717, 1.165) is 12.8 Å². The van der Waals surface area contributed by atoms with E-state index in [9.17, 15) is 18.0 Å². The minimum absolute atomic E-state index is 0.0411. The Morgan fingerprint density at radius 1 is 1.53 bits per heavy atom. The number of halogens is 3. The van der Waals surface area contributed by atoms with Crippen molar-refractivity contribution in [1.29, 1.82) is 5.26 Å². The molecule has 4 nitrogen and oxygen atoms in total. The van der Waals surface area contributed by atoms with Crippen molar-refractivity contribution in [2.45, 2.75) is 31.9 Å². The molecule has 1 saturated heterocycles. The summed E-state index contributed by atoms with van der Waals surface area (Å²) in [5, 5.41) is 17.2. The first-order valence-electron chi connectivity index (χ1n) is 6.23. The number of aliphatic carboxylic acids is 1. The monoisotopic (exact) mass is 278 g/mol. The standard InChI is InChI=1S/C12H17F3N2O2/c13-12(14,15)10(6-16)8-17-5-1-2-9(7-17)3-4-11(18)19/h9-10H,1-5,7-8H2,(H,18,19). The first-order valence-corrected chi connectivity index (χ1v) is 6.23. The highest BCUT2D eigenvalue weighted by molar-refractivity contribution is 5.66. The lowest BCUT2D eigenvalue weighted by Crippen LogP contribution is -2.41. The first kappa shape index (κ1) is 15.8. The Morgan fingerprint density at radius 2 is 2.21 bits per heavy atom. The number of hydrogen-bond acceptors (Lipinski definition) is 3. The molecular weight excluding hydrogens is 261 g/mol. The fourth-order valence-electron chi connectivity index (χ4n) is 2.36. The van der Waals surface area contributed by atoms with E-state index in [0.29, 0.717) is 19.5 Å². The van der Waals surface area contributed by atoms with E-state index in [-0.39, 0.29) is 18.9 Å². The normalized spacial score (nSPS) is 22.7. The van der Waals surface area contributed by atoms with Gasteiger partial charge in [0, 0.05) is 19.5 Å². The van der Waals surface area contributed by atoms with E-state index in [4.69, 9.17) is 10.4 Å². The smallest absolute Gasteiger partial charge is 0.405 e. The lowest BCUT2D eigenvalue weighted by atomic mass is 9.93. The van der Waals surface area contributed by atoms with E-state index in [1.807, 2.05) is 0 Å². The molecule has 19 heavy (non-hydrogen) atoms. The van der Waals surface area contributed by atoms with Crippen molar-refractivity contribution < 1.29 is 23.1 Å². The molecule has 1 rings (SSSR count). The Bertz CT molecular complexity index is 352. The van der Waals surface area contributed by atoms with Crippen molar-refractivity contribution in [3.8, 4) is 6.07 Å². The van der Waals surface area contributed by atoms with Gasteiger partial charge < -0.3 is 10.0 Å². The Hall–Kier alpha value is -1.29. The minimum atomic E-state index is -4.50. The molecule has 1 N–H and O–H groups in total. The molecule has 2 unspecified atom stereocenters. The summed E-state index contributed by atoms with van der Waals surface area (Å²) in [6.45, 7) is 0.670. The minimum Gasteiger partial charge on any atom is -0.481 e. The molecule has 0 amide bonds. The number of carbonyl (C=O) groups is 1. The lowest BCUT2D eigenvalue weighted by molar-refractivity contribution is -0.164. The Morgan fingerprint density at radius 3 is 2.74 bits per heavy atom. The summed E-state index contributed by atoms with van der Waals surface area (Å²) in [7, 11) is 0. The van der Waals surface area contributed by atoms with Crippen LogP contribution in [0.4, 0.5) is 13.2 Å². The molecule has 1 aliphatic heterocycles. The van der Waals surface area contributed by atoms with Crippen LogP contribution in [0.25, 0.3) is 0 Å². The number of likely N-dealkylation sites (tertiary alicyclic amines) is 1. The molecule has 2 atom stereocenters. The highest BCUT2D eigenvalue weighted by Gasteiger charge is 2.41. The summed E-state index contributed by atoms with van der Waals surface area (Å²) >= 11 is 0. The highest BCUT2D eigenvalue weighted by atomic mass is 19.4. The summed E-state index contributed by atoms with van der Waals surface area (Å²) in [4.78, 5) is 12.1. The molecule has 0 aromatic carbocycles. The summed E-state index contributed by atoms with van der Waals surface area (Å²) in [5.74, 6) is -2.74. The van der Waals surface area contributed by atoms with Crippen LogP contribution in [-0.4, -0.2) is 41.8 Å². The van der Waals surface area contributed by atoms with Gasteiger partial charge in [0.25, 0.3) is 0 Å². The van der Waals surface area contributed by atoms with Crippen molar-refractivity contribution in [2.24, 2.45) is 11.8 Å². The number of carboxylic acids is 1. The fourth-order valence-corrected chi connectivity index (χ4v) is 2.36. The maximum atomic E-state index is 12.5. The van der Waals surface area contributed by atoms with E-state index in [1.165, 1.54) is 6.07 Å². The zero-order chi connectivity index (χ0) is 14.5. The van der Waals surface area contributed by atoms with Crippen LogP contribution < -0.4 is 0 Å². The largest absolute Gasteiger partial charge is 0.481 e.